The highest BCUT2D eigenvalue weighted by atomic mass is 19.4. The number of benzene rings is 1. The smallest absolute Gasteiger partial charge is 0.382 e. The van der Waals surface area contributed by atoms with Gasteiger partial charge in [0.1, 0.15) is 12.4 Å². The first-order chi connectivity index (χ1) is 16.4. The Morgan fingerprint density at radius 1 is 1.26 bits per heavy atom. The number of hydrogen-bond donors (Lipinski definition) is 3. The van der Waals surface area contributed by atoms with Gasteiger partial charge in [0.05, 0.1) is 24.6 Å². The van der Waals surface area contributed by atoms with E-state index in [1.54, 1.807) is 0 Å². The molecule has 35 heavy (non-hydrogen) atoms. The second kappa shape index (κ2) is 9.17. The minimum absolute atomic E-state index is 0.0847. The molecule has 4 N–H and O–H groups in total. The number of alkyl halides is 5. The van der Waals surface area contributed by atoms with Crippen LogP contribution in [0.3, 0.4) is 0 Å². The Morgan fingerprint density at radius 3 is 2.74 bits per heavy atom. The molecule has 1 saturated heterocycles. The summed E-state index contributed by atoms with van der Waals surface area (Å²) in [5, 5.41) is 8.61. The maximum absolute atomic E-state index is 14.6. The molecular formula is C21H19F6N7O. The second-order valence-electron chi connectivity index (χ2n) is 8.09. The molecule has 2 aromatic heterocycles. The minimum atomic E-state index is -4.46. The van der Waals surface area contributed by atoms with Crippen molar-refractivity contribution in [1.82, 2.24) is 30.4 Å². The molecule has 3 aromatic rings. The lowest BCUT2D eigenvalue weighted by molar-refractivity contribution is -0.142. The van der Waals surface area contributed by atoms with Crippen molar-refractivity contribution in [3.63, 3.8) is 0 Å². The Hall–Kier alpha value is -3.68. The lowest BCUT2D eigenvalue weighted by Gasteiger charge is -2.30. The van der Waals surface area contributed by atoms with Crippen molar-refractivity contribution in [3.8, 4) is 22.4 Å². The Bertz CT molecular complexity index is 1240. The summed E-state index contributed by atoms with van der Waals surface area (Å²) in [6.07, 6.45) is -1.55. The molecule has 186 valence electrons. The van der Waals surface area contributed by atoms with Crippen molar-refractivity contribution in [2.45, 2.75) is 31.1 Å². The summed E-state index contributed by atoms with van der Waals surface area (Å²) in [5.41, 5.74) is 5.82. The van der Waals surface area contributed by atoms with Crippen molar-refractivity contribution in [2.75, 3.05) is 18.8 Å². The first-order valence-corrected chi connectivity index (χ1v) is 10.3. The number of rotatable bonds is 5. The molecular weight excluding hydrogens is 480 g/mol. The van der Waals surface area contributed by atoms with Crippen LogP contribution in [-0.2, 0) is 6.54 Å². The third-order valence-electron chi connectivity index (χ3n) is 5.22. The quantitative estimate of drug-likeness (QED) is 0.466. The molecule has 0 bridgehead atoms. The van der Waals surface area contributed by atoms with Crippen LogP contribution in [-0.4, -0.2) is 56.9 Å². The van der Waals surface area contributed by atoms with E-state index >= 15 is 0 Å². The molecule has 8 nitrogen and oxygen atoms in total. The fourth-order valence-corrected chi connectivity index (χ4v) is 3.67. The highest BCUT2D eigenvalue weighted by molar-refractivity contribution is 5.97. The van der Waals surface area contributed by atoms with E-state index in [1.165, 1.54) is 18.3 Å². The van der Waals surface area contributed by atoms with Gasteiger partial charge in [0, 0.05) is 36.3 Å². The molecule has 1 fully saturated rings. The third kappa shape index (κ3) is 5.88. The maximum atomic E-state index is 14.6. The van der Waals surface area contributed by atoms with Crippen molar-refractivity contribution >= 4 is 11.7 Å². The Balaban J connectivity index is 1.60. The molecule has 0 spiro atoms. The highest BCUT2D eigenvalue weighted by Gasteiger charge is 2.37. The van der Waals surface area contributed by atoms with Gasteiger partial charge in [-0.05, 0) is 17.7 Å². The van der Waals surface area contributed by atoms with Gasteiger partial charge in [0.15, 0.2) is 11.5 Å². The highest BCUT2D eigenvalue weighted by Crippen LogP contribution is 2.29. The van der Waals surface area contributed by atoms with Gasteiger partial charge in [-0.2, -0.15) is 18.3 Å². The number of nitrogens with one attached hydrogen (secondary N) is 2. The number of hydrogen-bond acceptors (Lipinski definition) is 6. The first kappa shape index (κ1) is 24.4. The molecule has 0 radical (unpaired) electrons. The predicted molar refractivity (Wildman–Crippen MR) is 113 cm³/mol. The summed E-state index contributed by atoms with van der Waals surface area (Å²) in [4.78, 5) is 20.6. The molecule has 1 aliphatic heterocycles. The molecule has 0 aliphatic carbocycles. The van der Waals surface area contributed by atoms with E-state index in [9.17, 15) is 31.1 Å². The fraction of sp³-hybridized carbons (Fsp3) is 0.333. The summed E-state index contributed by atoms with van der Waals surface area (Å²) in [6, 6.07) is 2.86. The summed E-state index contributed by atoms with van der Waals surface area (Å²) >= 11 is 0. The molecule has 3 heterocycles. The van der Waals surface area contributed by atoms with Gasteiger partial charge >= 0.3 is 6.18 Å². The lowest BCUT2D eigenvalue weighted by atomic mass is 10.0. The van der Waals surface area contributed by atoms with Gasteiger partial charge in [-0.1, -0.05) is 6.07 Å². The zero-order valence-corrected chi connectivity index (χ0v) is 17.9. The van der Waals surface area contributed by atoms with E-state index in [1.807, 2.05) is 0 Å². The number of anilines is 1. The number of piperidine rings is 1. The second-order valence-corrected chi connectivity index (χ2v) is 8.09. The van der Waals surface area contributed by atoms with Crippen LogP contribution in [0.2, 0.25) is 0 Å². The third-order valence-corrected chi connectivity index (χ3v) is 5.22. The lowest BCUT2D eigenvalue weighted by Crippen LogP contribution is -2.53. The van der Waals surface area contributed by atoms with Crippen LogP contribution in [0.4, 0.5) is 32.2 Å². The summed E-state index contributed by atoms with van der Waals surface area (Å²) in [7, 11) is 0. The van der Waals surface area contributed by atoms with Gasteiger partial charge in [-0.15, -0.1) is 0 Å². The maximum Gasteiger partial charge on any atom is 0.408 e. The molecule has 1 atom stereocenters. The van der Waals surface area contributed by atoms with Crippen LogP contribution in [0.1, 0.15) is 16.9 Å². The van der Waals surface area contributed by atoms with Crippen LogP contribution in [0.25, 0.3) is 22.4 Å². The van der Waals surface area contributed by atoms with Crippen LogP contribution < -0.4 is 16.4 Å². The van der Waals surface area contributed by atoms with Gasteiger partial charge in [0.25, 0.3) is 11.8 Å². The number of aromatic nitrogens is 4. The van der Waals surface area contributed by atoms with Gasteiger partial charge < -0.3 is 16.4 Å². The van der Waals surface area contributed by atoms with Crippen LogP contribution in [0.15, 0.2) is 36.8 Å². The van der Waals surface area contributed by atoms with Crippen molar-refractivity contribution in [1.29, 1.82) is 0 Å². The van der Waals surface area contributed by atoms with Gasteiger partial charge in [-0.3, -0.25) is 9.48 Å². The van der Waals surface area contributed by atoms with Crippen molar-refractivity contribution in [2.24, 2.45) is 0 Å². The summed E-state index contributed by atoms with van der Waals surface area (Å²) in [5.74, 6) is -4.87. The van der Waals surface area contributed by atoms with Crippen molar-refractivity contribution in [3.05, 3.63) is 48.3 Å². The predicted octanol–water partition coefficient (Wildman–Crippen LogP) is 3.02. The number of amides is 1. The van der Waals surface area contributed by atoms with Crippen molar-refractivity contribution < 1.29 is 31.1 Å². The molecule has 1 aromatic carbocycles. The van der Waals surface area contributed by atoms with E-state index in [2.05, 4.69) is 25.7 Å². The number of carbonyl (C=O) groups excluding carboxylic acids is 1. The van der Waals surface area contributed by atoms with E-state index < -0.39 is 49.4 Å². The largest absolute Gasteiger partial charge is 0.408 e. The topological polar surface area (TPSA) is 111 Å². The van der Waals surface area contributed by atoms with Gasteiger partial charge in [0.2, 0.25) is 0 Å². The number of nitrogen functional groups attached to an aromatic ring is 1. The molecule has 1 unspecified atom stereocenters. The summed E-state index contributed by atoms with van der Waals surface area (Å²) < 4.78 is 80.4. The SMILES string of the molecule is Nc1ncc(-c2cc(-c3cnn(CC(F)(F)F)c3)ccc2F)nc1C(=O)NC1CNCC(F)(F)C1. The van der Waals surface area contributed by atoms with Crippen LogP contribution >= 0.6 is 0 Å². The zero-order valence-electron chi connectivity index (χ0n) is 17.9. The Morgan fingerprint density at radius 2 is 2.03 bits per heavy atom. The Labute approximate surface area is 194 Å². The average molecular weight is 499 g/mol. The number of nitrogens with zero attached hydrogens (tertiary/aromatic N) is 4. The fourth-order valence-electron chi connectivity index (χ4n) is 3.67. The molecule has 4 rings (SSSR count). The normalized spacial score (nSPS) is 17.8. The number of carbonyl (C=O) groups is 1. The van der Waals surface area contributed by atoms with E-state index in [0.29, 0.717) is 15.8 Å². The minimum Gasteiger partial charge on any atom is -0.382 e. The molecule has 14 heteroatoms. The monoisotopic (exact) mass is 499 g/mol. The Kier molecular flexibility index (Phi) is 6.40. The van der Waals surface area contributed by atoms with Crippen LogP contribution in [0, 0.1) is 5.82 Å². The van der Waals surface area contributed by atoms with E-state index in [0.717, 1.165) is 18.5 Å². The average Bonchev–Trinajstić information content (AvgIpc) is 3.20. The van der Waals surface area contributed by atoms with E-state index in [4.69, 9.17) is 5.73 Å². The zero-order chi connectivity index (χ0) is 25.4. The molecule has 1 amide bonds. The van der Waals surface area contributed by atoms with E-state index in [-0.39, 0.29) is 29.3 Å². The number of halogens is 6. The number of nitrogens with two attached hydrogens (primary N) is 1. The first-order valence-electron chi connectivity index (χ1n) is 10.3. The van der Waals surface area contributed by atoms with Gasteiger partial charge in [-0.25, -0.2) is 23.1 Å². The molecule has 0 saturated carbocycles. The standard InChI is InChI=1S/C21H19F6N7O/c22-15-2-1-11(12-5-31-34(8-12)10-21(25,26)27)3-14(15)16-7-30-18(28)17(33-16)19(35)32-13-4-20(23,24)9-29-6-13/h1-3,5,7-8,13,29H,4,6,9-10H2,(H2,28,30)(H,32,35). The molecule has 1 aliphatic rings. The van der Waals surface area contributed by atoms with Crippen LogP contribution in [0.5, 0.6) is 0 Å². The summed E-state index contributed by atoms with van der Waals surface area (Å²) in [6.45, 7) is -1.67.